The average molecular weight is 437 g/mol. The summed E-state index contributed by atoms with van der Waals surface area (Å²) >= 11 is 0. The number of carbonyl (C=O) groups is 1. The van der Waals surface area contributed by atoms with Crippen molar-refractivity contribution in [3.63, 3.8) is 0 Å². The molecule has 0 N–H and O–H groups in total. The van der Waals surface area contributed by atoms with Crippen LogP contribution in [0.1, 0.15) is 34.6 Å². The molecule has 1 amide bonds. The fourth-order valence-electron chi connectivity index (χ4n) is 4.39. The number of aryl methyl sites for hydroxylation is 1. The summed E-state index contributed by atoms with van der Waals surface area (Å²) in [4.78, 5) is 23.6. The minimum atomic E-state index is -1.51. The Hall–Kier alpha value is -3.75. The normalized spacial score (nSPS) is 15.8. The molecule has 3 aromatic heterocycles. The van der Waals surface area contributed by atoms with Crippen LogP contribution in [0.15, 0.2) is 42.9 Å². The molecule has 6 nitrogen and oxygen atoms in total. The molecule has 1 atom stereocenters. The Balaban J connectivity index is 1.54. The largest absolute Gasteiger partial charge is 0.330 e. The van der Waals surface area contributed by atoms with Crippen LogP contribution in [0.4, 0.5) is 13.2 Å². The number of aromatic nitrogens is 4. The van der Waals surface area contributed by atoms with Gasteiger partial charge in [-0.3, -0.25) is 19.4 Å². The van der Waals surface area contributed by atoms with E-state index in [0.717, 1.165) is 23.1 Å². The molecule has 0 fully saturated rings. The Morgan fingerprint density at radius 1 is 1.16 bits per heavy atom. The number of nitrogens with zero attached hydrogens (tertiary/aromatic N) is 5. The molecule has 4 heterocycles. The Kier molecular flexibility index (Phi) is 4.69. The first-order chi connectivity index (χ1) is 15.4. The van der Waals surface area contributed by atoms with E-state index in [1.807, 2.05) is 13.0 Å². The second-order valence-corrected chi connectivity index (χ2v) is 7.78. The zero-order valence-electron chi connectivity index (χ0n) is 17.3. The van der Waals surface area contributed by atoms with Crippen molar-refractivity contribution in [3.05, 3.63) is 77.1 Å². The van der Waals surface area contributed by atoms with Gasteiger partial charge in [-0.15, -0.1) is 0 Å². The lowest BCUT2D eigenvalue weighted by atomic mass is 9.95. The van der Waals surface area contributed by atoms with Gasteiger partial charge in [0.25, 0.3) is 5.91 Å². The molecule has 0 spiro atoms. The third-order valence-corrected chi connectivity index (χ3v) is 5.90. The van der Waals surface area contributed by atoms with E-state index in [-0.39, 0.29) is 17.5 Å². The van der Waals surface area contributed by atoms with E-state index in [4.69, 9.17) is 0 Å². The van der Waals surface area contributed by atoms with E-state index in [1.54, 1.807) is 30.4 Å². The smallest absolute Gasteiger partial charge is 0.258 e. The lowest BCUT2D eigenvalue weighted by Gasteiger charge is -2.33. The molecule has 162 valence electrons. The fraction of sp³-hybridized carbons (Fsp3) is 0.217. The number of hydrogen-bond donors (Lipinski definition) is 0. The van der Waals surface area contributed by atoms with E-state index in [2.05, 4.69) is 15.1 Å². The average Bonchev–Trinajstić information content (AvgIpc) is 3.13. The topological polar surface area (TPSA) is 63.9 Å². The van der Waals surface area contributed by atoms with Crippen LogP contribution < -0.4 is 0 Å². The summed E-state index contributed by atoms with van der Waals surface area (Å²) in [5.41, 5.74) is 3.09. The summed E-state index contributed by atoms with van der Waals surface area (Å²) in [5.74, 6) is -4.24. The monoisotopic (exact) mass is 437 g/mol. The van der Waals surface area contributed by atoms with Crippen molar-refractivity contribution in [2.45, 2.75) is 19.4 Å². The van der Waals surface area contributed by atoms with Gasteiger partial charge in [0.15, 0.2) is 17.5 Å². The van der Waals surface area contributed by atoms with E-state index >= 15 is 0 Å². The van der Waals surface area contributed by atoms with Crippen molar-refractivity contribution < 1.29 is 18.0 Å². The van der Waals surface area contributed by atoms with Crippen molar-refractivity contribution in [2.24, 2.45) is 7.05 Å². The third kappa shape index (κ3) is 3.04. The van der Waals surface area contributed by atoms with Gasteiger partial charge in [-0.2, -0.15) is 5.10 Å². The van der Waals surface area contributed by atoms with Crippen LogP contribution in [0, 0.1) is 17.5 Å². The SMILES string of the molecule is CC1c2nn(C)c(-c3cc(F)c(F)c(F)c3)c2CCN1C(=O)c1cncc2cccnc12. The van der Waals surface area contributed by atoms with Gasteiger partial charge in [0.1, 0.15) is 0 Å². The molecule has 9 heteroatoms. The summed E-state index contributed by atoms with van der Waals surface area (Å²) in [6.07, 6.45) is 5.22. The summed E-state index contributed by atoms with van der Waals surface area (Å²) in [5, 5.41) is 5.30. The first-order valence-electron chi connectivity index (χ1n) is 10.1. The summed E-state index contributed by atoms with van der Waals surface area (Å²) in [6, 6.07) is 5.16. The molecule has 1 aliphatic rings. The number of pyridine rings is 2. The van der Waals surface area contributed by atoms with Crippen LogP contribution in [0.5, 0.6) is 0 Å². The molecule has 0 saturated heterocycles. The van der Waals surface area contributed by atoms with Gasteiger partial charge in [0.2, 0.25) is 0 Å². The molecular formula is C23H18F3N5O. The third-order valence-electron chi connectivity index (χ3n) is 5.90. The van der Waals surface area contributed by atoms with Gasteiger partial charge >= 0.3 is 0 Å². The van der Waals surface area contributed by atoms with Gasteiger partial charge in [-0.1, -0.05) is 0 Å². The van der Waals surface area contributed by atoms with E-state index in [9.17, 15) is 18.0 Å². The number of halogens is 3. The van der Waals surface area contributed by atoms with Crippen LogP contribution in [-0.4, -0.2) is 37.1 Å². The molecule has 0 radical (unpaired) electrons. The zero-order valence-corrected chi connectivity index (χ0v) is 17.3. The lowest BCUT2D eigenvalue weighted by Crippen LogP contribution is -2.39. The Bertz CT molecular complexity index is 1360. The van der Waals surface area contributed by atoms with Crippen molar-refractivity contribution in [1.29, 1.82) is 0 Å². The molecular weight excluding hydrogens is 419 g/mol. The minimum Gasteiger partial charge on any atom is -0.330 e. The van der Waals surface area contributed by atoms with Gasteiger partial charge in [0, 0.05) is 48.7 Å². The van der Waals surface area contributed by atoms with Crippen LogP contribution in [-0.2, 0) is 13.5 Å². The molecule has 5 rings (SSSR count). The minimum absolute atomic E-state index is 0.201. The molecule has 32 heavy (non-hydrogen) atoms. The van der Waals surface area contributed by atoms with Crippen molar-refractivity contribution in [1.82, 2.24) is 24.6 Å². The quantitative estimate of drug-likeness (QED) is 0.441. The van der Waals surface area contributed by atoms with Gasteiger partial charge < -0.3 is 4.90 Å². The molecule has 1 aliphatic heterocycles. The molecule has 1 aromatic carbocycles. The van der Waals surface area contributed by atoms with Crippen LogP contribution in [0.3, 0.4) is 0 Å². The highest BCUT2D eigenvalue weighted by Crippen LogP contribution is 2.37. The van der Waals surface area contributed by atoms with Crippen LogP contribution in [0.2, 0.25) is 0 Å². The molecule has 0 saturated carbocycles. The first-order valence-corrected chi connectivity index (χ1v) is 10.1. The predicted molar refractivity (Wildman–Crippen MR) is 111 cm³/mol. The predicted octanol–water partition coefficient (Wildman–Crippen LogP) is 4.21. The van der Waals surface area contributed by atoms with E-state index in [0.29, 0.717) is 35.4 Å². The summed E-state index contributed by atoms with van der Waals surface area (Å²) in [7, 11) is 1.66. The number of benzene rings is 1. The lowest BCUT2D eigenvalue weighted by molar-refractivity contribution is 0.0675. The second kappa shape index (κ2) is 7.44. The number of rotatable bonds is 2. The van der Waals surface area contributed by atoms with Gasteiger partial charge in [0.05, 0.1) is 28.5 Å². The van der Waals surface area contributed by atoms with Crippen molar-refractivity contribution in [3.8, 4) is 11.3 Å². The standard InChI is InChI=1S/C23H18F3N5O/c1-12-20-15(22(30(2)29-20)14-8-17(24)19(26)18(25)9-14)5-7-31(12)23(32)16-11-27-10-13-4-3-6-28-21(13)16/h3-4,6,8-12H,5,7H2,1-2H3. The highest BCUT2D eigenvalue weighted by Gasteiger charge is 2.34. The van der Waals surface area contributed by atoms with Crippen LogP contribution >= 0.6 is 0 Å². The Morgan fingerprint density at radius 3 is 2.66 bits per heavy atom. The van der Waals surface area contributed by atoms with E-state index < -0.39 is 17.5 Å². The van der Waals surface area contributed by atoms with Gasteiger partial charge in [-0.05, 0) is 37.6 Å². The maximum atomic E-state index is 13.8. The Labute approximate surface area is 181 Å². The number of fused-ring (bicyclic) bond motifs is 2. The molecule has 1 unspecified atom stereocenters. The maximum Gasteiger partial charge on any atom is 0.258 e. The first kappa shape index (κ1) is 20.2. The highest BCUT2D eigenvalue weighted by atomic mass is 19.2. The molecule has 4 aromatic rings. The summed E-state index contributed by atoms with van der Waals surface area (Å²) in [6.45, 7) is 2.23. The van der Waals surface area contributed by atoms with Crippen molar-refractivity contribution in [2.75, 3.05) is 6.54 Å². The zero-order chi connectivity index (χ0) is 22.6. The highest BCUT2D eigenvalue weighted by molar-refractivity contribution is 6.05. The Morgan fingerprint density at radius 2 is 1.91 bits per heavy atom. The number of hydrogen-bond acceptors (Lipinski definition) is 4. The van der Waals surface area contributed by atoms with Crippen molar-refractivity contribution >= 4 is 16.8 Å². The molecule has 0 aliphatic carbocycles. The van der Waals surface area contributed by atoms with Gasteiger partial charge in [-0.25, -0.2) is 13.2 Å². The van der Waals surface area contributed by atoms with E-state index in [1.165, 1.54) is 10.9 Å². The van der Waals surface area contributed by atoms with Crippen LogP contribution in [0.25, 0.3) is 22.2 Å². The second-order valence-electron chi connectivity index (χ2n) is 7.78. The number of amides is 1. The number of carbonyl (C=O) groups excluding carboxylic acids is 1. The maximum absolute atomic E-state index is 13.8. The fourth-order valence-corrected chi connectivity index (χ4v) is 4.39. The molecule has 0 bridgehead atoms. The summed E-state index contributed by atoms with van der Waals surface area (Å²) < 4.78 is 42.6.